The number of nitrogens with zero attached hydrogens (tertiary/aromatic N) is 4. The summed E-state index contributed by atoms with van der Waals surface area (Å²) in [4.78, 5) is 40.9. The predicted molar refractivity (Wildman–Crippen MR) is 97.3 cm³/mol. The fourth-order valence-corrected chi connectivity index (χ4v) is 3.52. The van der Waals surface area contributed by atoms with Gasteiger partial charge in [-0.15, -0.1) is 0 Å². The Kier molecular flexibility index (Phi) is 4.77. The first-order valence-electron chi connectivity index (χ1n) is 8.99. The quantitative estimate of drug-likeness (QED) is 0.710. The first-order chi connectivity index (χ1) is 13.8. The Hall–Kier alpha value is -3.30. The van der Waals surface area contributed by atoms with Crippen molar-refractivity contribution >= 4 is 16.8 Å². The molecule has 29 heavy (non-hydrogen) atoms. The molecule has 0 bridgehead atoms. The van der Waals surface area contributed by atoms with E-state index in [-0.39, 0.29) is 28.4 Å². The van der Waals surface area contributed by atoms with Crippen molar-refractivity contribution in [1.82, 2.24) is 24.8 Å². The van der Waals surface area contributed by atoms with Gasteiger partial charge < -0.3 is 9.88 Å². The number of halogens is 3. The van der Waals surface area contributed by atoms with Crippen molar-refractivity contribution in [3.05, 3.63) is 64.2 Å². The lowest BCUT2D eigenvalue weighted by Gasteiger charge is -2.32. The number of aromatic nitrogens is 4. The molecule has 150 valence electrons. The van der Waals surface area contributed by atoms with E-state index in [0.29, 0.717) is 31.6 Å². The lowest BCUT2D eigenvalue weighted by Crippen LogP contribution is -2.40. The second kappa shape index (κ2) is 7.26. The van der Waals surface area contributed by atoms with E-state index in [4.69, 9.17) is 0 Å². The van der Waals surface area contributed by atoms with E-state index in [9.17, 15) is 22.8 Å². The van der Waals surface area contributed by atoms with E-state index in [1.54, 1.807) is 4.90 Å². The Morgan fingerprint density at radius 2 is 2.07 bits per heavy atom. The molecule has 0 aliphatic carbocycles. The molecule has 0 saturated carbocycles. The standard InChI is InChI=1S/C19H16F3N5O2/c20-19(21,22)16-4-3-12-14(25-16)8-13(26-17(12)28)11-2-1-7-27(10-11)18(29)15-9-23-5-6-24-15/h3-6,8-9,11H,1-2,7,10H2,(H,26,28). The zero-order valence-corrected chi connectivity index (χ0v) is 15.1. The maximum atomic E-state index is 13.0. The zero-order chi connectivity index (χ0) is 20.6. The predicted octanol–water partition coefficient (Wildman–Crippen LogP) is 2.75. The third kappa shape index (κ3) is 3.82. The van der Waals surface area contributed by atoms with E-state index in [1.807, 2.05) is 0 Å². The molecule has 0 radical (unpaired) electrons. The number of carbonyl (C=O) groups is 1. The molecule has 1 fully saturated rings. The highest BCUT2D eigenvalue weighted by molar-refractivity contribution is 5.92. The molecule has 4 heterocycles. The highest BCUT2D eigenvalue weighted by Gasteiger charge is 2.33. The van der Waals surface area contributed by atoms with E-state index in [2.05, 4.69) is 19.9 Å². The number of likely N-dealkylation sites (tertiary alicyclic amines) is 1. The summed E-state index contributed by atoms with van der Waals surface area (Å²) < 4.78 is 38.9. The van der Waals surface area contributed by atoms with Crippen molar-refractivity contribution in [3.8, 4) is 0 Å². The van der Waals surface area contributed by atoms with Crippen LogP contribution in [0.4, 0.5) is 13.2 Å². The summed E-state index contributed by atoms with van der Waals surface area (Å²) in [5, 5.41) is 0.0880. The fourth-order valence-electron chi connectivity index (χ4n) is 3.52. The van der Waals surface area contributed by atoms with E-state index in [1.165, 1.54) is 24.7 Å². The van der Waals surface area contributed by atoms with Crippen LogP contribution in [-0.2, 0) is 6.18 Å². The van der Waals surface area contributed by atoms with Crippen LogP contribution in [0.5, 0.6) is 0 Å². The summed E-state index contributed by atoms with van der Waals surface area (Å²) >= 11 is 0. The van der Waals surface area contributed by atoms with Gasteiger partial charge in [-0.05, 0) is 31.0 Å². The number of H-pyrrole nitrogens is 1. The highest BCUT2D eigenvalue weighted by Crippen LogP contribution is 2.30. The van der Waals surface area contributed by atoms with Crippen LogP contribution in [0, 0.1) is 0 Å². The molecule has 1 unspecified atom stereocenters. The summed E-state index contributed by atoms with van der Waals surface area (Å²) in [5.74, 6) is -0.499. The van der Waals surface area contributed by atoms with Gasteiger partial charge in [0.1, 0.15) is 11.4 Å². The third-order valence-electron chi connectivity index (χ3n) is 4.94. The zero-order valence-electron chi connectivity index (χ0n) is 15.1. The number of hydrogen-bond donors (Lipinski definition) is 1. The number of aromatic amines is 1. The van der Waals surface area contributed by atoms with E-state index < -0.39 is 17.4 Å². The SMILES string of the molecule is O=C(c1cnccn1)N1CCCC(c2cc3nc(C(F)(F)F)ccc3c(=O)[nH]2)C1. The van der Waals surface area contributed by atoms with Gasteiger partial charge in [0.25, 0.3) is 11.5 Å². The largest absolute Gasteiger partial charge is 0.433 e. The minimum atomic E-state index is -4.60. The van der Waals surface area contributed by atoms with Crippen LogP contribution in [-0.4, -0.2) is 43.8 Å². The van der Waals surface area contributed by atoms with Crippen LogP contribution < -0.4 is 5.56 Å². The van der Waals surface area contributed by atoms with E-state index in [0.717, 1.165) is 12.1 Å². The van der Waals surface area contributed by atoms with Gasteiger partial charge in [0.15, 0.2) is 0 Å². The lowest BCUT2D eigenvalue weighted by atomic mass is 9.93. The number of alkyl halides is 3. The Labute approximate surface area is 162 Å². The number of hydrogen-bond acceptors (Lipinski definition) is 5. The summed E-state index contributed by atoms with van der Waals surface area (Å²) in [6.07, 6.45) is 1.06. The maximum absolute atomic E-state index is 13.0. The molecule has 0 aromatic carbocycles. The normalized spacial score (nSPS) is 17.5. The van der Waals surface area contributed by atoms with Gasteiger partial charge in [-0.3, -0.25) is 14.6 Å². The highest BCUT2D eigenvalue weighted by atomic mass is 19.4. The average molecular weight is 403 g/mol. The number of rotatable bonds is 2. The topological polar surface area (TPSA) is 91.8 Å². The van der Waals surface area contributed by atoms with Crippen molar-refractivity contribution in [3.63, 3.8) is 0 Å². The lowest BCUT2D eigenvalue weighted by molar-refractivity contribution is -0.140. The molecular formula is C19H16F3N5O2. The summed E-state index contributed by atoms with van der Waals surface area (Å²) in [7, 11) is 0. The molecule has 1 amide bonds. The van der Waals surface area contributed by atoms with Crippen molar-refractivity contribution in [1.29, 1.82) is 0 Å². The number of carbonyl (C=O) groups excluding carboxylic acids is 1. The van der Waals surface area contributed by atoms with Gasteiger partial charge >= 0.3 is 6.18 Å². The average Bonchev–Trinajstić information content (AvgIpc) is 2.73. The molecule has 0 spiro atoms. The number of nitrogens with one attached hydrogen (secondary N) is 1. The van der Waals surface area contributed by atoms with Crippen molar-refractivity contribution in [2.75, 3.05) is 13.1 Å². The minimum absolute atomic E-state index is 0.0176. The molecule has 3 aromatic rings. The number of pyridine rings is 2. The van der Waals surface area contributed by atoms with Crippen LogP contribution in [0.3, 0.4) is 0 Å². The van der Waals surface area contributed by atoms with Crippen molar-refractivity contribution in [2.24, 2.45) is 0 Å². The molecule has 1 saturated heterocycles. The number of fused-ring (bicyclic) bond motifs is 1. The molecule has 3 aromatic heterocycles. The second-order valence-electron chi connectivity index (χ2n) is 6.86. The van der Waals surface area contributed by atoms with Crippen LogP contribution >= 0.6 is 0 Å². The van der Waals surface area contributed by atoms with Gasteiger partial charge in [-0.2, -0.15) is 13.2 Å². The van der Waals surface area contributed by atoms with Gasteiger partial charge in [-0.25, -0.2) is 9.97 Å². The molecule has 4 rings (SSSR count). The maximum Gasteiger partial charge on any atom is 0.433 e. The van der Waals surface area contributed by atoms with Crippen molar-refractivity contribution < 1.29 is 18.0 Å². The monoisotopic (exact) mass is 403 g/mol. The molecule has 1 atom stereocenters. The minimum Gasteiger partial charge on any atom is -0.337 e. The van der Waals surface area contributed by atoms with Gasteiger partial charge in [0, 0.05) is 37.1 Å². The van der Waals surface area contributed by atoms with Crippen LogP contribution in [0.2, 0.25) is 0 Å². The molecule has 1 aliphatic heterocycles. The van der Waals surface area contributed by atoms with Crippen LogP contribution in [0.1, 0.15) is 40.6 Å². The Bertz CT molecular complexity index is 1110. The number of amides is 1. The summed E-state index contributed by atoms with van der Waals surface area (Å²) in [6.45, 7) is 0.843. The van der Waals surface area contributed by atoms with Gasteiger partial charge in [0.2, 0.25) is 0 Å². The molecule has 7 nitrogen and oxygen atoms in total. The first kappa shape index (κ1) is 19.0. The molecule has 10 heteroatoms. The molecular weight excluding hydrogens is 387 g/mol. The fraction of sp³-hybridized carbons (Fsp3) is 0.316. The second-order valence-corrected chi connectivity index (χ2v) is 6.86. The van der Waals surface area contributed by atoms with Crippen LogP contribution in [0.25, 0.3) is 10.9 Å². The van der Waals surface area contributed by atoms with E-state index >= 15 is 0 Å². The number of piperidine rings is 1. The third-order valence-corrected chi connectivity index (χ3v) is 4.94. The Morgan fingerprint density at radius 1 is 1.24 bits per heavy atom. The van der Waals surface area contributed by atoms with Crippen LogP contribution in [0.15, 0.2) is 41.6 Å². The first-order valence-corrected chi connectivity index (χ1v) is 8.99. The summed E-state index contributed by atoms with van der Waals surface area (Å²) in [5.41, 5.74) is -0.890. The Balaban J connectivity index is 1.65. The Morgan fingerprint density at radius 3 is 2.79 bits per heavy atom. The smallest absolute Gasteiger partial charge is 0.337 e. The summed E-state index contributed by atoms with van der Waals surface area (Å²) in [6, 6.07) is 3.38. The van der Waals surface area contributed by atoms with Crippen molar-refractivity contribution in [2.45, 2.75) is 24.9 Å². The molecule has 1 N–H and O–H groups in total. The van der Waals surface area contributed by atoms with Gasteiger partial charge in [0.05, 0.1) is 17.1 Å². The van der Waals surface area contributed by atoms with Gasteiger partial charge in [-0.1, -0.05) is 0 Å². The molecule has 1 aliphatic rings.